The van der Waals surface area contributed by atoms with Gasteiger partial charge in [0, 0.05) is 36.0 Å². The maximum atomic E-state index is 12.4. The molecule has 0 saturated carbocycles. The van der Waals surface area contributed by atoms with Crippen LogP contribution in [0.25, 0.3) is 11.3 Å². The Morgan fingerprint density at radius 1 is 1.12 bits per heavy atom. The van der Waals surface area contributed by atoms with Gasteiger partial charge in [0.15, 0.2) is 11.5 Å². The highest BCUT2D eigenvalue weighted by Crippen LogP contribution is 2.31. The third-order valence-corrected chi connectivity index (χ3v) is 5.01. The molecule has 9 heteroatoms. The molecule has 0 bridgehead atoms. The fraction of sp³-hybridized carbons (Fsp3) is 0.261. The van der Waals surface area contributed by atoms with E-state index in [1.165, 1.54) is 6.21 Å². The zero-order valence-corrected chi connectivity index (χ0v) is 18.5. The van der Waals surface area contributed by atoms with Gasteiger partial charge in [-0.25, -0.2) is 5.43 Å². The van der Waals surface area contributed by atoms with Crippen LogP contribution < -0.4 is 19.8 Å². The minimum Gasteiger partial charge on any atom is -0.507 e. The quantitative estimate of drug-likeness (QED) is 0.349. The van der Waals surface area contributed by atoms with Gasteiger partial charge in [0.1, 0.15) is 11.4 Å². The van der Waals surface area contributed by atoms with Crippen LogP contribution in [0.1, 0.15) is 29.9 Å². The first kappa shape index (κ1) is 22.7. The molecule has 0 aliphatic heterocycles. The first-order valence-electron chi connectivity index (χ1n) is 10.2. The predicted octanol–water partition coefficient (Wildman–Crippen LogP) is 3.41. The highest BCUT2D eigenvalue weighted by atomic mass is 16.5. The summed E-state index contributed by atoms with van der Waals surface area (Å²) in [6, 6.07) is 12.3. The van der Waals surface area contributed by atoms with E-state index in [2.05, 4.69) is 39.5 Å². The minimum absolute atomic E-state index is 0.0877. The third-order valence-electron chi connectivity index (χ3n) is 5.01. The molecule has 9 nitrogen and oxygen atoms in total. The summed E-state index contributed by atoms with van der Waals surface area (Å²) in [6.07, 6.45) is 1.39. The highest BCUT2D eigenvalue weighted by molar-refractivity contribution is 5.94. The number of nitrogens with one attached hydrogen (secondary N) is 2. The SMILES string of the molecule is CCN(CC)c1ccc(/C=N\NC(=O)c2cc(-c3ccc(OC)c(OC)c3)n[nH]2)c(O)c1. The number of amides is 1. The lowest BCUT2D eigenvalue weighted by molar-refractivity contribution is 0.0950. The van der Waals surface area contributed by atoms with Gasteiger partial charge in [-0.3, -0.25) is 9.89 Å². The van der Waals surface area contributed by atoms with Crippen LogP contribution >= 0.6 is 0 Å². The molecule has 168 valence electrons. The number of carbonyl (C=O) groups excluding carboxylic acids is 1. The van der Waals surface area contributed by atoms with E-state index >= 15 is 0 Å². The average Bonchev–Trinajstić information content (AvgIpc) is 3.31. The summed E-state index contributed by atoms with van der Waals surface area (Å²) in [5, 5.41) is 21.1. The lowest BCUT2D eigenvalue weighted by Gasteiger charge is -2.21. The van der Waals surface area contributed by atoms with Crippen LogP contribution in [-0.2, 0) is 0 Å². The number of aromatic nitrogens is 2. The summed E-state index contributed by atoms with van der Waals surface area (Å²) in [5.41, 5.74) is 5.44. The molecule has 3 N–H and O–H groups in total. The minimum atomic E-state index is -0.459. The maximum absolute atomic E-state index is 12.4. The molecule has 1 amide bonds. The van der Waals surface area contributed by atoms with Gasteiger partial charge in [-0.2, -0.15) is 10.2 Å². The molecule has 0 aliphatic carbocycles. The van der Waals surface area contributed by atoms with Crippen molar-refractivity contribution in [2.45, 2.75) is 13.8 Å². The van der Waals surface area contributed by atoms with Crippen molar-refractivity contribution in [3.05, 3.63) is 53.7 Å². The van der Waals surface area contributed by atoms with E-state index in [4.69, 9.17) is 9.47 Å². The number of phenols is 1. The second kappa shape index (κ2) is 10.3. The van der Waals surface area contributed by atoms with Crippen LogP contribution in [0.2, 0.25) is 0 Å². The Hall–Kier alpha value is -4.01. The molecule has 32 heavy (non-hydrogen) atoms. The molecular formula is C23H27N5O4. The average molecular weight is 438 g/mol. The van der Waals surface area contributed by atoms with Crippen LogP contribution in [0.3, 0.4) is 0 Å². The summed E-state index contributed by atoms with van der Waals surface area (Å²) in [4.78, 5) is 14.5. The number of ether oxygens (including phenoxy) is 2. The molecule has 3 aromatic rings. The number of anilines is 1. The molecule has 1 heterocycles. The van der Waals surface area contributed by atoms with E-state index in [0.717, 1.165) is 24.3 Å². The lowest BCUT2D eigenvalue weighted by atomic mass is 10.1. The maximum Gasteiger partial charge on any atom is 0.289 e. The molecule has 0 saturated heterocycles. The van der Waals surface area contributed by atoms with Gasteiger partial charge in [0.2, 0.25) is 0 Å². The lowest BCUT2D eigenvalue weighted by Crippen LogP contribution is -2.21. The number of aromatic hydroxyl groups is 1. The Balaban J connectivity index is 1.67. The molecule has 0 spiro atoms. The summed E-state index contributed by atoms with van der Waals surface area (Å²) in [5.74, 6) is 0.798. The van der Waals surface area contributed by atoms with Crippen molar-refractivity contribution >= 4 is 17.8 Å². The van der Waals surface area contributed by atoms with Crippen LogP contribution in [-0.4, -0.2) is 54.7 Å². The first-order valence-corrected chi connectivity index (χ1v) is 10.2. The van der Waals surface area contributed by atoms with E-state index in [9.17, 15) is 9.90 Å². The van der Waals surface area contributed by atoms with Gasteiger partial charge in [0.25, 0.3) is 5.91 Å². The van der Waals surface area contributed by atoms with Crippen molar-refractivity contribution in [1.29, 1.82) is 0 Å². The molecule has 0 unspecified atom stereocenters. The van der Waals surface area contributed by atoms with E-state index in [1.54, 1.807) is 44.6 Å². The van der Waals surface area contributed by atoms with Crippen molar-refractivity contribution in [3.8, 4) is 28.5 Å². The van der Waals surface area contributed by atoms with Gasteiger partial charge < -0.3 is 19.5 Å². The van der Waals surface area contributed by atoms with E-state index < -0.39 is 5.91 Å². The van der Waals surface area contributed by atoms with E-state index in [0.29, 0.717) is 22.8 Å². The molecule has 0 fully saturated rings. The summed E-state index contributed by atoms with van der Waals surface area (Å²) in [7, 11) is 3.12. The third kappa shape index (κ3) is 5.00. The Bertz CT molecular complexity index is 1110. The number of methoxy groups -OCH3 is 2. The number of carbonyl (C=O) groups is 1. The van der Waals surface area contributed by atoms with Crippen molar-refractivity contribution in [2.24, 2.45) is 5.10 Å². The molecule has 1 aromatic heterocycles. The molecule has 0 atom stereocenters. The van der Waals surface area contributed by atoms with Crippen molar-refractivity contribution in [1.82, 2.24) is 15.6 Å². The number of H-pyrrole nitrogens is 1. The second-order valence-electron chi connectivity index (χ2n) is 6.85. The predicted molar refractivity (Wildman–Crippen MR) is 124 cm³/mol. The monoisotopic (exact) mass is 437 g/mol. The number of hydrogen-bond donors (Lipinski definition) is 3. The Morgan fingerprint density at radius 3 is 2.53 bits per heavy atom. The second-order valence-corrected chi connectivity index (χ2v) is 6.85. The van der Waals surface area contributed by atoms with Gasteiger partial charge in [-0.05, 0) is 50.2 Å². The number of hydrazone groups is 1. The van der Waals surface area contributed by atoms with E-state index in [-0.39, 0.29) is 11.4 Å². The molecule has 0 aliphatic rings. The van der Waals surface area contributed by atoms with Crippen molar-refractivity contribution < 1.29 is 19.4 Å². The largest absolute Gasteiger partial charge is 0.507 e. The van der Waals surface area contributed by atoms with Crippen LogP contribution in [0.5, 0.6) is 17.2 Å². The number of aromatic amines is 1. The van der Waals surface area contributed by atoms with Gasteiger partial charge in [0.05, 0.1) is 26.1 Å². The normalized spacial score (nSPS) is 10.9. The Morgan fingerprint density at radius 2 is 1.88 bits per heavy atom. The number of phenolic OH excluding ortho intramolecular Hbond substituents is 1. The fourth-order valence-corrected chi connectivity index (χ4v) is 3.23. The molecule has 0 radical (unpaired) electrons. The topological polar surface area (TPSA) is 112 Å². The number of benzene rings is 2. The van der Waals surface area contributed by atoms with Crippen molar-refractivity contribution in [2.75, 3.05) is 32.2 Å². The van der Waals surface area contributed by atoms with Crippen LogP contribution in [0.15, 0.2) is 47.6 Å². The van der Waals surface area contributed by atoms with Gasteiger partial charge >= 0.3 is 0 Å². The van der Waals surface area contributed by atoms with Crippen LogP contribution in [0, 0.1) is 0 Å². The first-order chi connectivity index (χ1) is 15.5. The summed E-state index contributed by atoms with van der Waals surface area (Å²) in [6.45, 7) is 5.79. The molecule has 2 aromatic carbocycles. The molecule has 3 rings (SSSR count). The number of nitrogens with zero attached hydrogens (tertiary/aromatic N) is 3. The molecular weight excluding hydrogens is 410 g/mol. The highest BCUT2D eigenvalue weighted by Gasteiger charge is 2.13. The number of hydrogen-bond acceptors (Lipinski definition) is 7. The smallest absolute Gasteiger partial charge is 0.289 e. The van der Waals surface area contributed by atoms with Crippen LogP contribution in [0.4, 0.5) is 5.69 Å². The van der Waals surface area contributed by atoms with E-state index in [1.807, 2.05) is 12.1 Å². The fourth-order valence-electron chi connectivity index (χ4n) is 3.23. The van der Waals surface area contributed by atoms with Gasteiger partial charge in [-0.1, -0.05) is 0 Å². The standard InChI is InChI=1S/C23H27N5O4/c1-5-28(6-2)17-9-7-16(20(29)12-17)14-24-27-23(30)19-13-18(25-26-19)15-8-10-21(31-3)22(11-15)32-4/h7-14,29H,5-6H2,1-4H3,(H,25,26)(H,27,30)/b24-14-. The Kier molecular flexibility index (Phi) is 7.33. The number of rotatable bonds is 9. The van der Waals surface area contributed by atoms with Gasteiger partial charge in [-0.15, -0.1) is 0 Å². The summed E-state index contributed by atoms with van der Waals surface area (Å²) < 4.78 is 10.5. The van der Waals surface area contributed by atoms with Crippen molar-refractivity contribution in [3.63, 3.8) is 0 Å². The zero-order valence-electron chi connectivity index (χ0n) is 18.5. The zero-order chi connectivity index (χ0) is 23.1. The Labute approximate surface area is 186 Å². The summed E-state index contributed by atoms with van der Waals surface area (Å²) >= 11 is 0.